The van der Waals surface area contributed by atoms with Gasteiger partial charge in [0.1, 0.15) is 5.82 Å². The number of Topliss-reactive ketones (excluding diaryl/α,β-unsaturated/α-hetero) is 1. The van der Waals surface area contributed by atoms with Crippen molar-refractivity contribution in [2.75, 3.05) is 11.1 Å². The molecular formula is C20H22N4O2. The van der Waals surface area contributed by atoms with Gasteiger partial charge in [-0.1, -0.05) is 43.7 Å². The van der Waals surface area contributed by atoms with Crippen LogP contribution in [0.5, 0.6) is 0 Å². The summed E-state index contributed by atoms with van der Waals surface area (Å²) < 4.78 is 0. The average molecular weight is 350 g/mol. The Bertz CT molecular complexity index is 999. The van der Waals surface area contributed by atoms with Gasteiger partial charge < -0.3 is 11.1 Å². The first kappa shape index (κ1) is 16.6. The Kier molecular flexibility index (Phi) is 3.54. The van der Waals surface area contributed by atoms with Gasteiger partial charge in [0.15, 0.2) is 5.78 Å². The van der Waals surface area contributed by atoms with E-state index < -0.39 is 5.92 Å². The molecule has 1 aromatic carbocycles. The molecule has 0 saturated heterocycles. The summed E-state index contributed by atoms with van der Waals surface area (Å²) in [5.41, 5.74) is 9.32. The quantitative estimate of drug-likeness (QED) is 0.734. The smallest absolute Gasteiger partial charge is 0.258 e. The maximum Gasteiger partial charge on any atom is 0.258 e. The van der Waals surface area contributed by atoms with Gasteiger partial charge in [0, 0.05) is 23.6 Å². The number of allylic oxidation sites excluding steroid dienone is 2. The van der Waals surface area contributed by atoms with E-state index in [1.807, 2.05) is 31.2 Å². The third kappa shape index (κ3) is 2.62. The number of carbonyl (C=O) groups is 1. The lowest BCUT2D eigenvalue weighted by Crippen LogP contribution is -2.37. The number of benzene rings is 1. The Balaban J connectivity index is 1.99. The topological polar surface area (TPSA) is 101 Å². The lowest BCUT2D eigenvalue weighted by atomic mass is 9.69. The number of aromatic nitrogens is 2. The van der Waals surface area contributed by atoms with E-state index in [0.717, 1.165) is 23.2 Å². The number of nitrogens with zero attached hydrogens (tertiary/aromatic N) is 1. The van der Waals surface area contributed by atoms with Crippen LogP contribution >= 0.6 is 0 Å². The van der Waals surface area contributed by atoms with Gasteiger partial charge in [-0.2, -0.15) is 4.98 Å². The molecule has 1 aromatic heterocycles. The monoisotopic (exact) mass is 350 g/mol. The number of anilines is 2. The molecule has 1 atom stereocenters. The molecule has 0 fully saturated rings. The second kappa shape index (κ2) is 5.56. The van der Waals surface area contributed by atoms with Gasteiger partial charge in [0.2, 0.25) is 5.95 Å². The number of rotatable bonds is 1. The number of aromatic amines is 1. The molecule has 0 bridgehead atoms. The van der Waals surface area contributed by atoms with E-state index in [4.69, 9.17) is 5.73 Å². The minimum absolute atomic E-state index is 0.0642. The number of nitrogens with one attached hydrogen (secondary N) is 2. The Labute approximate surface area is 151 Å². The molecule has 6 nitrogen and oxygen atoms in total. The SMILES string of the molecule is Cc1ccc([C@@H]2C3=C(CC(C)(C)CC3=O)Nc3nc(N)[nH]c(=O)c32)cc1. The summed E-state index contributed by atoms with van der Waals surface area (Å²) in [6, 6.07) is 7.94. The molecule has 2 aromatic rings. The fourth-order valence-electron chi connectivity index (χ4n) is 4.02. The molecule has 0 spiro atoms. The number of H-pyrrole nitrogens is 1. The number of fused-ring (bicyclic) bond motifs is 1. The molecule has 2 aliphatic rings. The van der Waals surface area contributed by atoms with E-state index >= 15 is 0 Å². The number of nitrogens with two attached hydrogens (primary N) is 1. The van der Waals surface area contributed by atoms with Crippen LogP contribution in [0.2, 0.25) is 0 Å². The molecule has 0 saturated carbocycles. The van der Waals surface area contributed by atoms with Crippen molar-refractivity contribution in [1.82, 2.24) is 9.97 Å². The van der Waals surface area contributed by atoms with Crippen LogP contribution in [-0.2, 0) is 4.79 Å². The Morgan fingerprint density at radius 2 is 1.85 bits per heavy atom. The molecule has 0 unspecified atom stereocenters. The van der Waals surface area contributed by atoms with Gasteiger partial charge >= 0.3 is 0 Å². The second-order valence-electron chi connectivity index (χ2n) is 8.02. The van der Waals surface area contributed by atoms with Crippen molar-refractivity contribution in [1.29, 1.82) is 0 Å². The van der Waals surface area contributed by atoms with Crippen LogP contribution in [0.1, 0.15) is 49.3 Å². The van der Waals surface area contributed by atoms with Crippen LogP contribution in [0.4, 0.5) is 11.8 Å². The van der Waals surface area contributed by atoms with Gasteiger partial charge in [-0.05, 0) is 24.3 Å². The molecule has 1 aliphatic heterocycles. The first-order valence-corrected chi connectivity index (χ1v) is 8.75. The summed E-state index contributed by atoms with van der Waals surface area (Å²) in [4.78, 5) is 32.6. The van der Waals surface area contributed by atoms with Crippen molar-refractivity contribution in [2.45, 2.75) is 39.5 Å². The van der Waals surface area contributed by atoms with Gasteiger partial charge in [-0.3, -0.25) is 14.6 Å². The first-order valence-electron chi connectivity index (χ1n) is 8.75. The number of carbonyl (C=O) groups excluding carboxylic acids is 1. The van der Waals surface area contributed by atoms with Gasteiger partial charge in [-0.15, -0.1) is 0 Å². The third-order valence-corrected chi connectivity index (χ3v) is 5.15. The molecule has 0 radical (unpaired) electrons. The van der Waals surface area contributed by atoms with Crippen LogP contribution in [0.3, 0.4) is 0 Å². The first-order chi connectivity index (χ1) is 12.2. The number of aryl methyl sites for hydroxylation is 1. The maximum atomic E-state index is 13.0. The molecule has 4 N–H and O–H groups in total. The van der Waals surface area contributed by atoms with E-state index in [1.54, 1.807) is 0 Å². The van der Waals surface area contributed by atoms with Gasteiger partial charge in [0.05, 0.1) is 5.56 Å². The number of hydrogen-bond donors (Lipinski definition) is 3. The fraction of sp³-hybridized carbons (Fsp3) is 0.350. The summed E-state index contributed by atoms with van der Waals surface area (Å²) in [5, 5.41) is 3.23. The van der Waals surface area contributed by atoms with Crippen LogP contribution in [0, 0.1) is 12.3 Å². The Morgan fingerprint density at radius 3 is 2.54 bits per heavy atom. The molecule has 1 aliphatic carbocycles. The minimum atomic E-state index is -0.428. The van der Waals surface area contributed by atoms with Crippen molar-refractivity contribution in [3.05, 3.63) is 62.6 Å². The standard InChI is InChI=1S/C20H22N4O2/c1-10-4-6-11(7-5-10)14-15-12(8-20(2,3)9-13(15)25)22-17-16(14)18(26)24-19(21)23-17/h4-7,14H,8-9H2,1-3H3,(H4,21,22,23,24,26)/t14-/m1/s1. The number of nitrogen functional groups attached to an aromatic ring is 1. The summed E-state index contributed by atoms with van der Waals surface area (Å²) in [5.74, 6) is 0.161. The molecule has 6 heteroatoms. The van der Waals surface area contributed by atoms with E-state index in [2.05, 4.69) is 29.1 Å². The lowest BCUT2D eigenvalue weighted by molar-refractivity contribution is -0.118. The van der Waals surface area contributed by atoms with Crippen molar-refractivity contribution >= 4 is 17.5 Å². The zero-order valence-electron chi connectivity index (χ0n) is 15.1. The highest BCUT2D eigenvalue weighted by Crippen LogP contribution is 2.47. The summed E-state index contributed by atoms with van der Waals surface area (Å²) in [6.07, 6.45) is 1.19. The Morgan fingerprint density at radius 1 is 1.15 bits per heavy atom. The third-order valence-electron chi connectivity index (χ3n) is 5.15. The van der Waals surface area contributed by atoms with Crippen LogP contribution in [0.15, 0.2) is 40.3 Å². The van der Waals surface area contributed by atoms with Gasteiger partial charge in [0.25, 0.3) is 5.56 Å². The highest BCUT2D eigenvalue weighted by Gasteiger charge is 2.42. The molecule has 0 amide bonds. The fourth-order valence-corrected chi connectivity index (χ4v) is 4.02. The predicted octanol–water partition coefficient (Wildman–Crippen LogP) is 2.86. The van der Waals surface area contributed by atoms with E-state index in [0.29, 0.717) is 23.4 Å². The number of hydrogen-bond acceptors (Lipinski definition) is 5. The normalized spacial score (nSPS) is 21.0. The zero-order chi connectivity index (χ0) is 18.6. The zero-order valence-corrected chi connectivity index (χ0v) is 15.1. The average Bonchev–Trinajstić information content (AvgIpc) is 2.52. The van der Waals surface area contributed by atoms with Crippen molar-refractivity contribution < 1.29 is 4.79 Å². The summed E-state index contributed by atoms with van der Waals surface area (Å²) in [7, 11) is 0. The van der Waals surface area contributed by atoms with Crippen molar-refractivity contribution in [3.8, 4) is 0 Å². The highest BCUT2D eigenvalue weighted by molar-refractivity contribution is 6.01. The second-order valence-corrected chi connectivity index (χ2v) is 8.02. The van der Waals surface area contributed by atoms with E-state index in [-0.39, 0.29) is 22.7 Å². The summed E-state index contributed by atoms with van der Waals surface area (Å²) >= 11 is 0. The molecule has 134 valence electrons. The maximum absolute atomic E-state index is 13.0. The van der Waals surface area contributed by atoms with Crippen molar-refractivity contribution in [3.63, 3.8) is 0 Å². The predicted molar refractivity (Wildman–Crippen MR) is 101 cm³/mol. The number of ketones is 1. The minimum Gasteiger partial charge on any atom is -0.369 e. The highest BCUT2D eigenvalue weighted by atomic mass is 16.1. The molecule has 4 rings (SSSR count). The largest absolute Gasteiger partial charge is 0.369 e. The Hall–Kier alpha value is -2.89. The summed E-state index contributed by atoms with van der Waals surface area (Å²) in [6.45, 7) is 6.16. The van der Waals surface area contributed by atoms with Crippen LogP contribution < -0.4 is 16.6 Å². The van der Waals surface area contributed by atoms with E-state index in [1.165, 1.54) is 0 Å². The van der Waals surface area contributed by atoms with Gasteiger partial charge in [-0.25, -0.2) is 0 Å². The van der Waals surface area contributed by atoms with Crippen molar-refractivity contribution in [2.24, 2.45) is 5.41 Å². The lowest BCUT2D eigenvalue weighted by Gasteiger charge is -2.38. The van der Waals surface area contributed by atoms with Crippen LogP contribution in [-0.4, -0.2) is 15.8 Å². The molecule has 2 heterocycles. The van der Waals surface area contributed by atoms with Crippen LogP contribution in [0.25, 0.3) is 0 Å². The molecular weight excluding hydrogens is 328 g/mol. The molecule has 26 heavy (non-hydrogen) atoms. The van der Waals surface area contributed by atoms with E-state index in [9.17, 15) is 9.59 Å².